The maximum absolute atomic E-state index is 5.85. The smallest absolute Gasteiger partial charge is 0.185 e. The van der Waals surface area contributed by atoms with Crippen molar-refractivity contribution in [3.05, 3.63) is 10.6 Å². The molecular weight excluding hydrogens is 242 g/mol. The Morgan fingerprint density at radius 3 is 2.56 bits per heavy atom. The Bertz CT molecular complexity index is 403. The van der Waals surface area contributed by atoms with Crippen LogP contribution in [0.3, 0.4) is 0 Å². The molecule has 1 aromatic heterocycles. The Labute approximate surface area is 113 Å². The van der Waals surface area contributed by atoms with Crippen molar-refractivity contribution in [1.82, 2.24) is 4.98 Å². The van der Waals surface area contributed by atoms with Crippen LogP contribution in [-0.2, 0) is 6.54 Å². The summed E-state index contributed by atoms with van der Waals surface area (Å²) in [7, 11) is 0. The molecule has 0 amide bonds. The van der Waals surface area contributed by atoms with Crippen LogP contribution in [-0.4, -0.2) is 18.1 Å². The van der Waals surface area contributed by atoms with Gasteiger partial charge in [0.15, 0.2) is 5.13 Å². The van der Waals surface area contributed by atoms with E-state index in [4.69, 9.17) is 10.7 Å². The van der Waals surface area contributed by atoms with Gasteiger partial charge in [-0.15, -0.1) is 11.3 Å². The Morgan fingerprint density at radius 1 is 1.28 bits per heavy atom. The molecule has 18 heavy (non-hydrogen) atoms. The molecule has 2 fully saturated rings. The summed E-state index contributed by atoms with van der Waals surface area (Å²) >= 11 is 1.83. The lowest BCUT2D eigenvalue weighted by atomic mass is 9.95. The minimum Gasteiger partial charge on any atom is -0.348 e. The van der Waals surface area contributed by atoms with Crippen molar-refractivity contribution in [2.45, 2.75) is 51.5 Å². The highest BCUT2D eigenvalue weighted by molar-refractivity contribution is 7.15. The summed E-state index contributed by atoms with van der Waals surface area (Å²) in [5.41, 5.74) is 7.17. The molecule has 0 spiro atoms. The van der Waals surface area contributed by atoms with E-state index in [-0.39, 0.29) is 0 Å². The molecule has 2 heterocycles. The number of hydrogen-bond acceptors (Lipinski definition) is 4. The van der Waals surface area contributed by atoms with E-state index in [0.29, 0.717) is 6.54 Å². The largest absolute Gasteiger partial charge is 0.348 e. The molecule has 1 saturated heterocycles. The summed E-state index contributed by atoms with van der Waals surface area (Å²) < 4.78 is 0. The van der Waals surface area contributed by atoms with Gasteiger partial charge >= 0.3 is 0 Å². The van der Waals surface area contributed by atoms with E-state index >= 15 is 0 Å². The first kappa shape index (κ1) is 12.4. The van der Waals surface area contributed by atoms with Gasteiger partial charge in [-0.05, 0) is 31.6 Å². The average Bonchev–Trinajstić information content (AvgIpc) is 3.18. The molecule has 0 aromatic carbocycles. The van der Waals surface area contributed by atoms with Gasteiger partial charge < -0.3 is 10.6 Å². The zero-order chi connectivity index (χ0) is 12.5. The van der Waals surface area contributed by atoms with Gasteiger partial charge in [-0.3, -0.25) is 0 Å². The van der Waals surface area contributed by atoms with Gasteiger partial charge in [0.05, 0.1) is 5.69 Å². The van der Waals surface area contributed by atoms with E-state index in [1.807, 2.05) is 11.3 Å². The third-order valence-corrected chi connectivity index (χ3v) is 5.48. The van der Waals surface area contributed by atoms with E-state index in [0.717, 1.165) is 11.8 Å². The van der Waals surface area contributed by atoms with Crippen LogP contribution < -0.4 is 10.6 Å². The number of hydrogen-bond donors (Lipinski definition) is 1. The van der Waals surface area contributed by atoms with Crippen LogP contribution in [0.15, 0.2) is 0 Å². The van der Waals surface area contributed by atoms with Crippen molar-refractivity contribution in [1.29, 1.82) is 0 Å². The average molecular weight is 265 g/mol. The van der Waals surface area contributed by atoms with Gasteiger partial charge in [0.25, 0.3) is 0 Å². The van der Waals surface area contributed by atoms with Crippen molar-refractivity contribution in [2.24, 2.45) is 11.7 Å². The molecule has 0 bridgehead atoms. The Morgan fingerprint density at radius 2 is 2.00 bits per heavy atom. The number of rotatable bonds is 4. The molecule has 2 N–H and O–H groups in total. The van der Waals surface area contributed by atoms with Gasteiger partial charge in [0.2, 0.25) is 0 Å². The molecule has 1 saturated carbocycles. The van der Waals surface area contributed by atoms with Crippen LogP contribution in [0, 0.1) is 5.92 Å². The second-order valence-electron chi connectivity index (χ2n) is 5.62. The highest BCUT2D eigenvalue weighted by atomic mass is 32.1. The first-order valence-electron chi connectivity index (χ1n) is 7.26. The maximum atomic E-state index is 5.85. The van der Waals surface area contributed by atoms with Crippen molar-refractivity contribution in [3.63, 3.8) is 0 Å². The zero-order valence-electron chi connectivity index (χ0n) is 11.2. The molecule has 0 atom stereocenters. The number of nitrogens with zero attached hydrogens (tertiary/aromatic N) is 2. The van der Waals surface area contributed by atoms with Crippen LogP contribution >= 0.6 is 11.3 Å². The summed E-state index contributed by atoms with van der Waals surface area (Å²) in [6, 6.07) is 0. The second kappa shape index (κ2) is 5.17. The standard InChI is InChI=1S/C14H23N3S/c1-2-10-5-7-17(8-6-10)14-16-13(11-3-4-11)12(9-15)18-14/h10-11H,2-9,15H2,1H3. The molecule has 1 aliphatic heterocycles. The fourth-order valence-electron chi connectivity index (χ4n) is 2.84. The fourth-order valence-corrected chi connectivity index (χ4v) is 3.92. The van der Waals surface area contributed by atoms with Crippen LogP contribution in [0.5, 0.6) is 0 Å². The van der Waals surface area contributed by atoms with Gasteiger partial charge in [0, 0.05) is 30.4 Å². The predicted octanol–water partition coefficient (Wildman–Crippen LogP) is 3.11. The molecule has 3 rings (SSSR count). The maximum Gasteiger partial charge on any atom is 0.185 e. The topological polar surface area (TPSA) is 42.2 Å². The molecule has 2 aliphatic rings. The third kappa shape index (κ3) is 2.41. The van der Waals surface area contributed by atoms with Crippen molar-refractivity contribution >= 4 is 16.5 Å². The molecular formula is C14H23N3S. The lowest BCUT2D eigenvalue weighted by Crippen LogP contribution is -2.33. The lowest BCUT2D eigenvalue weighted by molar-refractivity contribution is 0.395. The van der Waals surface area contributed by atoms with Crippen molar-refractivity contribution < 1.29 is 0 Å². The van der Waals surface area contributed by atoms with E-state index in [1.165, 1.54) is 60.9 Å². The second-order valence-corrected chi connectivity index (χ2v) is 6.68. The molecule has 1 aliphatic carbocycles. The van der Waals surface area contributed by atoms with Crippen molar-refractivity contribution in [2.75, 3.05) is 18.0 Å². The number of aromatic nitrogens is 1. The number of nitrogens with two attached hydrogens (primary N) is 1. The molecule has 4 heteroatoms. The van der Waals surface area contributed by atoms with E-state index < -0.39 is 0 Å². The summed E-state index contributed by atoms with van der Waals surface area (Å²) in [4.78, 5) is 8.68. The first-order valence-corrected chi connectivity index (χ1v) is 8.08. The van der Waals surface area contributed by atoms with Gasteiger partial charge in [-0.1, -0.05) is 13.3 Å². The third-order valence-electron chi connectivity index (χ3n) is 4.33. The summed E-state index contributed by atoms with van der Waals surface area (Å²) in [6.45, 7) is 5.33. The first-order chi connectivity index (χ1) is 8.81. The molecule has 100 valence electrons. The number of anilines is 1. The Hall–Kier alpha value is -0.610. The molecule has 1 aromatic rings. The van der Waals surface area contributed by atoms with Crippen LogP contribution in [0.25, 0.3) is 0 Å². The van der Waals surface area contributed by atoms with Gasteiger partial charge in [0.1, 0.15) is 0 Å². The van der Waals surface area contributed by atoms with Crippen LogP contribution in [0.4, 0.5) is 5.13 Å². The number of piperidine rings is 1. The zero-order valence-corrected chi connectivity index (χ0v) is 12.0. The van der Waals surface area contributed by atoms with E-state index in [2.05, 4.69) is 11.8 Å². The molecule has 0 unspecified atom stereocenters. The van der Waals surface area contributed by atoms with E-state index in [9.17, 15) is 0 Å². The molecule has 3 nitrogen and oxygen atoms in total. The summed E-state index contributed by atoms with van der Waals surface area (Å²) in [5, 5.41) is 1.23. The van der Waals surface area contributed by atoms with Gasteiger partial charge in [-0.2, -0.15) is 0 Å². The minimum absolute atomic E-state index is 0.662. The fraction of sp³-hybridized carbons (Fsp3) is 0.786. The predicted molar refractivity (Wildman–Crippen MR) is 77.2 cm³/mol. The molecule has 0 radical (unpaired) electrons. The monoisotopic (exact) mass is 265 g/mol. The van der Waals surface area contributed by atoms with Crippen LogP contribution in [0.2, 0.25) is 0 Å². The van der Waals surface area contributed by atoms with Gasteiger partial charge in [-0.25, -0.2) is 4.98 Å². The summed E-state index contributed by atoms with van der Waals surface area (Å²) in [6.07, 6.45) is 6.61. The minimum atomic E-state index is 0.662. The lowest BCUT2D eigenvalue weighted by Gasteiger charge is -2.31. The highest BCUT2D eigenvalue weighted by Crippen LogP contribution is 2.44. The number of thiazole rings is 1. The Balaban J connectivity index is 1.72. The highest BCUT2D eigenvalue weighted by Gasteiger charge is 2.30. The summed E-state index contributed by atoms with van der Waals surface area (Å²) in [5.74, 6) is 1.65. The van der Waals surface area contributed by atoms with Crippen molar-refractivity contribution in [3.8, 4) is 0 Å². The SMILES string of the molecule is CCC1CCN(c2nc(C3CC3)c(CN)s2)CC1. The van der Waals surface area contributed by atoms with Crippen LogP contribution in [0.1, 0.15) is 55.5 Å². The normalized spacial score (nSPS) is 21.6. The quantitative estimate of drug-likeness (QED) is 0.909. The Kier molecular flexibility index (Phi) is 3.57. The van der Waals surface area contributed by atoms with E-state index in [1.54, 1.807) is 0 Å².